The van der Waals surface area contributed by atoms with Crippen LogP contribution in [-0.2, 0) is 14.3 Å². The number of piperidine rings is 1. The van der Waals surface area contributed by atoms with E-state index in [1.165, 1.54) is 7.11 Å². The van der Waals surface area contributed by atoms with E-state index in [-0.39, 0.29) is 18.4 Å². The number of nitrogens with zero attached hydrogens (tertiary/aromatic N) is 1. The lowest BCUT2D eigenvalue weighted by molar-refractivity contribution is -0.155. The SMILES string of the molecule is COC(C)(C)C(=O)N1CCCCC1CCC(=O)O. The van der Waals surface area contributed by atoms with Crippen molar-refractivity contribution >= 4 is 11.9 Å². The number of carbonyl (C=O) groups is 2. The third-order valence-electron chi connectivity index (χ3n) is 3.60. The van der Waals surface area contributed by atoms with Crippen molar-refractivity contribution in [2.75, 3.05) is 13.7 Å². The van der Waals surface area contributed by atoms with Crippen molar-refractivity contribution < 1.29 is 19.4 Å². The van der Waals surface area contributed by atoms with Gasteiger partial charge in [-0.1, -0.05) is 0 Å². The monoisotopic (exact) mass is 257 g/mol. The standard InChI is InChI=1S/C13H23NO4/c1-13(2,18-3)12(17)14-9-5-4-6-10(14)7-8-11(15)16/h10H,4-9H2,1-3H3,(H,15,16). The molecule has 1 saturated heterocycles. The van der Waals surface area contributed by atoms with E-state index in [4.69, 9.17) is 9.84 Å². The second-order valence-electron chi connectivity index (χ2n) is 5.30. The Morgan fingerprint density at radius 2 is 2.06 bits per heavy atom. The van der Waals surface area contributed by atoms with Gasteiger partial charge in [-0.3, -0.25) is 9.59 Å². The molecule has 1 unspecified atom stereocenters. The minimum Gasteiger partial charge on any atom is -0.481 e. The Morgan fingerprint density at radius 3 is 2.61 bits per heavy atom. The number of likely N-dealkylation sites (tertiary alicyclic amines) is 1. The van der Waals surface area contributed by atoms with Crippen LogP contribution in [0.5, 0.6) is 0 Å². The molecule has 5 heteroatoms. The first kappa shape index (κ1) is 15.0. The van der Waals surface area contributed by atoms with E-state index in [1.807, 2.05) is 0 Å². The van der Waals surface area contributed by atoms with Gasteiger partial charge in [0.15, 0.2) is 0 Å². The minimum atomic E-state index is -0.835. The molecule has 0 aromatic heterocycles. The molecule has 5 nitrogen and oxygen atoms in total. The smallest absolute Gasteiger partial charge is 0.303 e. The molecule has 1 atom stereocenters. The Kier molecular flexibility index (Phi) is 5.14. The van der Waals surface area contributed by atoms with Crippen LogP contribution in [0.4, 0.5) is 0 Å². The van der Waals surface area contributed by atoms with Crippen LogP contribution in [0.2, 0.25) is 0 Å². The molecule has 1 N–H and O–H groups in total. The molecule has 104 valence electrons. The first-order valence-electron chi connectivity index (χ1n) is 6.46. The largest absolute Gasteiger partial charge is 0.481 e. The van der Waals surface area contributed by atoms with E-state index >= 15 is 0 Å². The van der Waals surface area contributed by atoms with Gasteiger partial charge in [0, 0.05) is 26.1 Å². The number of hydrogen-bond donors (Lipinski definition) is 1. The van der Waals surface area contributed by atoms with Crippen LogP contribution in [0, 0.1) is 0 Å². The summed E-state index contributed by atoms with van der Waals surface area (Å²) in [7, 11) is 1.52. The predicted molar refractivity (Wildman–Crippen MR) is 67.3 cm³/mol. The normalized spacial score (nSPS) is 20.8. The van der Waals surface area contributed by atoms with Crippen LogP contribution in [0.25, 0.3) is 0 Å². The summed E-state index contributed by atoms with van der Waals surface area (Å²) in [6.45, 7) is 4.20. The third kappa shape index (κ3) is 3.70. The first-order chi connectivity index (χ1) is 8.38. The molecule has 0 radical (unpaired) electrons. The number of carboxylic acid groups (broad SMARTS) is 1. The van der Waals surface area contributed by atoms with Gasteiger partial charge in [-0.2, -0.15) is 0 Å². The molecule has 0 aliphatic carbocycles. The summed E-state index contributed by atoms with van der Waals surface area (Å²) < 4.78 is 5.22. The number of methoxy groups -OCH3 is 1. The number of carboxylic acids is 1. The fraction of sp³-hybridized carbons (Fsp3) is 0.846. The van der Waals surface area contributed by atoms with Crippen molar-refractivity contribution in [3.63, 3.8) is 0 Å². The van der Waals surface area contributed by atoms with Gasteiger partial charge in [-0.15, -0.1) is 0 Å². The highest BCUT2D eigenvalue weighted by Crippen LogP contribution is 2.24. The Morgan fingerprint density at radius 1 is 1.39 bits per heavy atom. The van der Waals surface area contributed by atoms with E-state index in [9.17, 15) is 9.59 Å². The van der Waals surface area contributed by atoms with Crippen LogP contribution in [0.15, 0.2) is 0 Å². The van der Waals surface area contributed by atoms with E-state index in [1.54, 1.807) is 18.7 Å². The zero-order chi connectivity index (χ0) is 13.8. The molecule has 0 saturated carbocycles. The van der Waals surface area contributed by atoms with Crippen LogP contribution >= 0.6 is 0 Å². The fourth-order valence-corrected chi connectivity index (χ4v) is 2.29. The lowest BCUT2D eigenvalue weighted by atomic mass is 9.95. The predicted octanol–water partition coefficient (Wildman–Crippen LogP) is 1.66. The average molecular weight is 257 g/mol. The van der Waals surface area contributed by atoms with Gasteiger partial charge in [0.2, 0.25) is 0 Å². The highest BCUT2D eigenvalue weighted by molar-refractivity contribution is 5.84. The molecule has 1 aliphatic rings. The van der Waals surface area contributed by atoms with E-state index < -0.39 is 11.6 Å². The summed E-state index contributed by atoms with van der Waals surface area (Å²) >= 11 is 0. The third-order valence-corrected chi connectivity index (χ3v) is 3.60. The fourth-order valence-electron chi connectivity index (χ4n) is 2.29. The summed E-state index contributed by atoms with van der Waals surface area (Å²) in [6.07, 6.45) is 3.57. The van der Waals surface area contributed by atoms with Gasteiger partial charge in [-0.05, 0) is 39.5 Å². The maximum absolute atomic E-state index is 12.4. The molecule has 1 fully saturated rings. The highest BCUT2D eigenvalue weighted by atomic mass is 16.5. The summed E-state index contributed by atoms with van der Waals surface area (Å²) in [6, 6.07) is 0.0387. The molecule has 18 heavy (non-hydrogen) atoms. The number of ether oxygens (including phenoxy) is 1. The second-order valence-corrected chi connectivity index (χ2v) is 5.30. The van der Waals surface area contributed by atoms with Crippen LogP contribution < -0.4 is 0 Å². The summed E-state index contributed by atoms with van der Waals surface area (Å²) in [5, 5.41) is 8.75. The van der Waals surface area contributed by atoms with Crippen molar-refractivity contribution in [2.24, 2.45) is 0 Å². The van der Waals surface area contributed by atoms with Gasteiger partial charge in [0.25, 0.3) is 5.91 Å². The van der Waals surface area contributed by atoms with E-state index in [0.29, 0.717) is 13.0 Å². The number of hydrogen-bond acceptors (Lipinski definition) is 3. The number of aliphatic carboxylic acids is 1. The van der Waals surface area contributed by atoms with Gasteiger partial charge >= 0.3 is 5.97 Å². The van der Waals surface area contributed by atoms with Crippen LogP contribution in [-0.4, -0.2) is 47.2 Å². The molecule has 1 aliphatic heterocycles. The molecular formula is C13H23NO4. The quantitative estimate of drug-likeness (QED) is 0.813. The number of rotatable bonds is 5. The molecule has 1 rings (SSSR count). The molecular weight excluding hydrogens is 234 g/mol. The van der Waals surface area contributed by atoms with Gasteiger partial charge < -0.3 is 14.7 Å². The maximum atomic E-state index is 12.4. The number of amides is 1. The molecule has 0 aromatic rings. The molecule has 0 spiro atoms. The lowest BCUT2D eigenvalue weighted by Gasteiger charge is -2.39. The first-order valence-corrected chi connectivity index (χ1v) is 6.46. The average Bonchev–Trinajstić information content (AvgIpc) is 2.35. The number of carbonyl (C=O) groups excluding carboxylic acids is 1. The topological polar surface area (TPSA) is 66.8 Å². The van der Waals surface area contributed by atoms with Crippen molar-refractivity contribution in [1.82, 2.24) is 4.90 Å². The zero-order valence-corrected chi connectivity index (χ0v) is 11.4. The Bertz CT molecular complexity index is 314. The van der Waals surface area contributed by atoms with Crippen molar-refractivity contribution in [2.45, 2.75) is 57.6 Å². The molecule has 0 aromatic carbocycles. The van der Waals surface area contributed by atoms with Gasteiger partial charge in [0.05, 0.1) is 0 Å². The van der Waals surface area contributed by atoms with Gasteiger partial charge in [0.1, 0.15) is 5.60 Å². The summed E-state index contributed by atoms with van der Waals surface area (Å²) in [5.74, 6) is -0.848. The van der Waals surface area contributed by atoms with Crippen molar-refractivity contribution in [1.29, 1.82) is 0 Å². The molecule has 0 bridgehead atoms. The second kappa shape index (κ2) is 6.18. The maximum Gasteiger partial charge on any atom is 0.303 e. The van der Waals surface area contributed by atoms with Crippen molar-refractivity contribution in [3.05, 3.63) is 0 Å². The van der Waals surface area contributed by atoms with E-state index in [0.717, 1.165) is 19.3 Å². The van der Waals surface area contributed by atoms with Gasteiger partial charge in [-0.25, -0.2) is 0 Å². The zero-order valence-electron chi connectivity index (χ0n) is 11.4. The molecule has 1 heterocycles. The highest BCUT2D eigenvalue weighted by Gasteiger charge is 2.36. The summed E-state index contributed by atoms with van der Waals surface area (Å²) in [5.41, 5.74) is -0.835. The van der Waals surface area contributed by atoms with Crippen molar-refractivity contribution in [3.8, 4) is 0 Å². The lowest BCUT2D eigenvalue weighted by Crippen LogP contribution is -2.52. The Labute approximate surface area is 108 Å². The Balaban J connectivity index is 2.70. The Hall–Kier alpha value is -1.10. The van der Waals surface area contributed by atoms with E-state index in [2.05, 4.69) is 0 Å². The van der Waals surface area contributed by atoms with Crippen LogP contribution in [0.1, 0.15) is 46.0 Å². The van der Waals surface area contributed by atoms with Crippen LogP contribution in [0.3, 0.4) is 0 Å². The summed E-state index contributed by atoms with van der Waals surface area (Å²) in [4.78, 5) is 24.8. The molecule has 1 amide bonds. The minimum absolute atomic E-state index is 0.0387.